The molecule has 0 aromatic rings. The molecule has 0 aromatic heterocycles. The van der Waals surface area contributed by atoms with Crippen molar-refractivity contribution in [3.8, 4) is 6.07 Å². The van der Waals surface area contributed by atoms with Gasteiger partial charge in [-0.25, -0.2) is 0 Å². The molecule has 0 amide bonds. The summed E-state index contributed by atoms with van der Waals surface area (Å²) in [6.07, 6.45) is 0.761. The van der Waals surface area contributed by atoms with E-state index in [0.29, 0.717) is 0 Å². The molecule has 3 heteroatoms. The van der Waals surface area contributed by atoms with Gasteiger partial charge in [-0.3, -0.25) is 4.79 Å². The highest BCUT2D eigenvalue weighted by Gasteiger charge is 2.40. The van der Waals surface area contributed by atoms with Gasteiger partial charge in [-0.05, 0) is 26.2 Å². The van der Waals surface area contributed by atoms with Crippen LogP contribution in [-0.2, 0) is 9.53 Å². The van der Waals surface area contributed by atoms with E-state index in [1.165, 1.54) is 0 Å². The average molecular weight is 167 g/mol. The molecular weight excluding hydrogens is 154 g/mol. The van der Waals surface area contributed by atoms with Crippen molar-refractivity contribution in [3.63, 3.8) is 0 Å². The Balaban J connectivity index is 2.79. The fourth-order valence-corrected chi connectivity index (χ4v) is 1.68. The minimum Gasteiger partial charge on any atom is -0.459 e. The molecule has 1 saturated heterocycles. The summed E-state index contributed by atoms with van der Waals surface area (Å²) in [7, 11) is 0. The highest BCUT2D eigenvalue weighted by atomic mass is 16.6. The Hall–Kier alpha value is -1.04. The van der Waals surface area contributed by atoms with Crippen LogP contribution >= 0.6 is 0 Å². The van der Waals surface area contributed by atoms with Crippen molar-refractivity contribution in [2.45, 2.75) is 32.8 Å². The van der Waals surface area contributed by atoms with Gasteiger partial charge in [0.15, 0.2) is 0 Å². The highest BCUT2D eigenvalue weighted by molar-refractivity contribution is 5.76. The second-order valence-electron chi connectivity index (χ2n) is 3.97. The Morgan fingerprint density at radius 1 is 1.67 bits per heavy atom. The molecule has 0 spiro atoms. The third-order valence-electron chi connectivity index (χ3n) is 2.15. The van der Waals surface area contributed by atoms with Crippen LogP contribution in [0, 0.1) is 23.2 Å². The van der Waals surface area contributed by atoms with Gasteiger partial charge in [0, 0.05) is 0 Å². The van der Waals surface area contributed by atoms with E-state index >= 15 is 0 Å². The van der Waals surface area contributed by atoms with Gasteiger partial charge in [-0.1, -0.05) is 6.92 Å². The van der Waals surface area contributed by atoms with Crippen LogP contribution in [0.5, 0.6) is 0 Å². The van der Waals surface area contributed by atoms with Crippen LogP contribution in [-0.4, -0.2) is 11.6 Å². The number of esters is 1. The number of carbonyl (C=O) groups is 1. The van der Waals surface area contributed by atoms with Crippen LogP contribution in [0.15, 0.2) is 0 Å². The lowest BCUT2D eigenvalue weighted by atomic mass is 9.83. The van der Waals surface area contributed by atoms with Gasteiger partial charge in [0.1, 0.15) is 11.5 Å². The first-order valence-corrected chi connectivity index (χ1v) is 4.09. The van der Waals surface area contributed by atoms with Crippen LogP contribution in [0.4, 0.5) is 0 Å². The Labute approximate surface area is 72.3 Å². The first kappa shape index (κ1) is 9.05. The average Bonchev–Trinajstić information content (AvgIpc) is 1.82. The molecule has 2 unspecified atom stereocenters. The molecule has 12 heavy (non-hydrogen) atoms. The summed E-state index contributed by atoms with van der Waals surface area (Å²) in [6, 6.07) is 1.97. The molecule has 1 rings (SSSR count). The third kappa shape index (κ3) is 1.58. The molecule has 2 atom stereocenters. The van der Waals surface area contributed by atoms with E-state index in [1.807, 2.05) is 26.8 Å². The number of carbonyl (C=O) groups excluding carboxylic acids is 1. The molecular formula is C9H13NO2. The zero-order valence-corrected chi connectivity index (χ0v) is 7.63. The van der Waals surface area contributed by atoms with E-state index in [9.17, 15) is 4.79 Å². The third-order valence-corrected chi connectivity index (χ3v) is 2.15. The quantitative estimate of drug-likeness (QED) is 0.513. The SMILES string of the molecule is CC1CC(C)(C)OC(=O)C1C#N. The lowest BCUT2D eigenvalue weighted by molar-refractivity contribution is -0.171. The summed E-state index contributed by atoms with van der Waals surface area (Å²) in [4.78, 5) is 11.2. The molecule has 0 saturated carbocycles. The smallest absolute Gasteiger partial charge is 0.324 e. The van der Waals surface area contributed by atoms with E-state index < -0.39 is 11.5 Å². The topological polar surface area (TPSA) is 50.1 Å². The molecule has 0 aliphatic carbocycles. The van der Waals surface area contributed by atoms with E-state index in [2.05, 4.69) is 0 Å². The summed E-state index contributed by atoms with van der Waals surface area (Å²) in [6.45, 7) is 5.65. The van der Waals surface area contributed by atoms with Crippen molar-refractivity contribution in [2.75, 3.05) is 0 Å². The Bertz CT molecular complexity index is 239. The van der Waals surface area contributed by atoms with Crippen molar-refractivity contribution in [1.29, 1.82) is 5.26 Å². The van der Waals surface area contributed by atoms with Crippen molar-refractivity contribution >= 4 is 5.97 Å². The van der Waals surface area contributed by atoms with Gasteiger partial charge in [-0.2, -0.15) is 5.26 Å². The van der Waals surface area contributed by atoms with Gasteiger partial charge in [-0.15, -0.1) is 0 Å². The van der Waals surface area contributed by atoms with Crippen LogP contribution < -0.4 is 0 Å². The molecule has 1 aliphatic heterocycles. The van der Waals surface area contributed by atoms with Gasteiger partial charge in [0.25, 0.3) is 0 Å². The number of ether oxygens (including phenoxy) is 1. The summed E-state index contributed by atoms with van der Waals surface area (Å²) in [5, 5.41) is 8.65. The number of cyclic esters (lactones) is 1. The minimum atomic E-state index is -0.571. The molecule has 0 aromatic carbocycles. The fourth-order valence-electron chi connectivity index (χ4n) is 1.68. The maximum Gasteiger partial charge on any atom is 0.324 e. The monoisotopic (exact) mass is 167 g/mol. The Kier molecular flexibility index (Phi) is 2.10. The van der Waals surface area contributed by atoms with Gasteiger partial charge >= 0.3 is 5.97 Å². The number of rotatable bonds is 0. The predicted octanol–water partition coefficient (Wildman–Crippen LogP) is 1.49. The standard InChI is InChI=1S/C9H13NO2/c1-6-4-9(2,3)12-8(11)7(6)5-10/h6-7H,4H2,1-3H3. The van der Waals surface area contributed by atoms with E-state index in [4.69, 9.17) is 10.00 Å². The number of nitrogens with zero attached hydrogens (tertiary/aromatic N) is 1. The molecule has 3 nitrogen and oxygen atoms in total. The van der Waals surface area contributed by atoms with Crippen LogP contribution in [0.3, 0.4) is 0 Å². The van der Waals surface area contributed by atoms with Crippen LogP contribution in [0.25, 0.3) is 0 Å². The summed E-state index contributed by atoms with van der Waals surface area (Å²) >= 11 is 0. The molecule has 66 valence electrons. The van der Waals surface area contributed by atoms with Crippen molar-refractivity contribution in [2.24, 2.45) is 11.8 Å². The van der Waals surface area contributed by atoms with Crippen LogP contribution in [0.2, 0.25) is 0 Å². The Morgan fingerprint density at radius 3 is 2.67 bits per heavy atom. The lowest BCUT2D eigenvalue weighted by Crippen LogP contribution is -2.41. The second-order valence-corrected chi connectivity index (χ2v) is 3.97. The first-order valence-electron chi connectivity index (χ1n) is 4.09. The summed E-state index contributed by atoms with van der Waals surface area (Å²) in [5.74, 6) is -0.842. The minimum absolute atomic E-state index is 0.103. The van der Waals surface area contributed by atoms with E-state index in [-0.39, 0.29) is 11.9 Å². The van der Waals surface area contributed by atoms with Crippen molar-refractivity contribution < 1.29 is 9.53 Å². The van der Waals surface area contributed by atoms with Gasteiger partial charge in [0.2, 0.25) is 0 Å². The number of hydrogen-bond acceptors (Lipinski definition) is 3. The van der Waals surface area contributed by atoms with Gasteiger partial charge in [0.05, 0.1) is 6.07 Å². The fraction of sp³-hybridized carbons (Fsp3) is 0.778. The zero-order valence-electron chi connectivity index (χ0n) is 7.63. The summed E-state index contributed by atoms with van der Waals surface area (Å²) < 4.78 is 5.09. The number of nitriles is 1. The summed E-state index contributed by atoms with van der Waals surface area (Å²) in [5.41, 5.74) is -0.399. The van der Waals surface area contributed by atoms with Crippen LogP contribution in [0.1, 0.15) is 27.2 Å². The first-order chi connectivity index (χ1) is 5.46. The molecule has 0 bridgehead atoms. The van der Waals surface area contributed by atoms with E-state index in [0.717, 1.165) is 6.42 Å². The van der Waals surface area contributed by atoms with Crippen molar-refractivity contribution in [1.82, 2.24) is 0 Å². The molecule has 1 heterocycles. The Morgan fingerprint density at radius 2 is 2.25 bits per heavy atom. The van der Waals surface area contributed by atoms with Gasteiger partial charge < -0.3 is 4.74 Å². The lowest BCUT2D eigenvalue weighted by Gasteiger charge is -2.35. The van der Waals surface area contributed by atoms with E-state index in [1.54, 1.807) is 0 Å². The molecule has 1 fully saturated rings. The number of hydrogen-bond donors (Lipinski definition) is 0. The molecule has 0 N–H and O–H groups in total. The predicted molar refractivity (Wildman–Crippen MR) is 43.1 cm³/mol. The highest BCUT2D eigenvalue weighted by Crippen LogP contribution is 2.32. The zero-order chi connectivity index (χ0) is 9.35. The molecule has 1 aliphatic rings. The normalized spacial score (nSPS) is 33.7. The molecule has 0 radical (unpaired) electrons. The largest absolute Gasteiger partial charge is 0.459 e. The maximum absolute atomic E-state index is 11.2. The maximum atomic E-state index is 11.2. The second kappa shape index (κ2) is 2.78. The van der Waals surface area contributed by atoms with Crippen molar-refractivity contribution in [3.05, 3.63) is 0 Å².